The molecule has 1 aliphatic heterocycles. The maximum atomic E-state index is 12.9. The van der Waals surface area contributed by atoms with Crippen molar-refractivity contribution in [2.24, 2.45) is 0 Å². The average molecular weight is 483 g/mol. The van der Waals surface area contributed by atoms with E-state index in [9.17, 15) is 18.0 Å². The second-order valence-electron chi connectivity index (χ2n) is 8.57. The summed E-state index contributed by atoms with van der Waals surface area (Å²) < 4.78 is 28.2. The predicted molar refractivity (Wildman–Crippen MR) is 129 cm³/mol. The average Bonchev–Trinajstić information content (AvgIpc) is 3.18. The Morgan fingerprint density at radius 2 is 1.62 bits per heavy atom. The number of carbonyl (C=O) groups excluding carboxylic acids is 1. The summed E-state index contributed by atoms with van der Waals surface area (Å²) >= 11 is 0. The lowest BCUT2D eigenvalue weighted by Crippen LogP contribution is -2.39. The highest BCUT2D eigenvalue weighted by atomic mass is 32.2. The third-order valence-corrected chi connectivity index (χ3v) is 8.07. The number of sulfone groups is 1. The summed E-state index contributed by atoms with van der Waals surface area (Å²) in [7, 11) is -3.48. The fraction of sp³-hybridized carbons (Fsp3) is 0.400. The molecule has 0 spiro atoms. The van der Waals surface area contributed by atoms with E-state index >= 15 is 0 Å². The quantitative estimate of drug-likeness (QED) is 0.492. The first-order valence-electron chi connectivity index (χ1n) is 11.7. The molecule has 0 bridgehead atoms. The van der Waals surface area contributed by atoms with Crippen LogP contribution in [-0.4, -0.2) is 52.4 Å². The summed E-state index contributed by atoms with van der Waals surface area (Å²) in [6.45, 7) is 3.95. The first kappa shape index (κ1) is 23.9. The van der Waals surface area contributed by atoms with Crippen molar-refractivity contribution in [3.8, 4) is 0 Å². The molecule has 0 aliphatic carbocycles. The Morgan fingerprint density at radius 3 is 2.24 bits per heavy atom. The maximum Gasteiger partial charge on any atom is 0.346 e. The molecule has 1 saturated heterocycles. The molecule has 0 unspecified atom stereocenters. The highest BCUT2D eigenvalue weighted by molar-refractivity contribution is 7.91. The minimum absolute atomic E-state index is 0.0345. The Balaban J connectivity index is 1.37. The zero-order valence-corrected chi connectivity index (χ0v) is 20.2. The van der Waals surface area contributed by atoms with E-state index in [1.807, 2.05) is 37.3 Å². The molecule has 180 valence electrons. The van der Waals surface area contributed by atoms with Crippen LogP contribution in [0.25, 0.3) is 0 Å². The first-order chi connectivity index (χ1) is 16.4. The molecule has 2 heterocycles. The Bertz CT molecular complexity index is 1280. The minimum atomic E-state index is -3.48. The number of piperidine rings is 1. The predicted octanol–water partition coefficient (Wildman–Crippen LogP) is 2.68. The number of amides is 1. The third kappa shape index (κ3) is 5.30. The molecule has 0 N–H and O–H groups in total. The van der Waals surface area contributed by atoms with E-state index in [1.54, 1.807) is 39.8 Å². The van der Waals surface area contributed by atoms with Crippen molar-refractivity contribution in [3.05, 3.63) is 82.5 Å². The van der Waals surface area contributed by atoms with Crippen molar-refractivity contribution in [1.82, 2.24) is 19.2 Å². The highest BCUT2D eigenvalue weighted by Gasteiger charge is 2.29. The standard InChI is InChI=1S/C25H30N4O4S/c1-2-28-24(26-29(25(28)31)19-20-9-5-3-6-10-20)21-13-16-27(17-14-21)23(30)15-18-34(32,33)22-11-7-4-8-12-22/h3-12,21H,2,13-19H2,1H3. The number of nitrogens with zero attached hydrogens (tertiary/aromatic N) is 4. The fourth-order valence-corrected chi connectivity index (χ4v) is 5.68. The van der Waals surface area contributed by atoms with Gasteiger partial charge in [-0.15, -0.1) is 0 Å². The van der Waals surface area contributed by atoms with Gasteiger partial charge < -0.3 is 4.90 Å². The molecule has 0 atom stereocenters. The van der Waals surface area contributed by atoms with Gasteiger partial charge in [-0.2, -0.15) is 5.10 Å². The molecule has 0 radical (unpaired) electrons. The summed E-state index contributed by atoms with van der Waals surface area (Å²) in [6.07, 6.45) is 1.35. The Hall–Kier alpha value is -3.20. The topological polar surface area (TPSA) is 94.3 Å². The number of benzene rings is 2. The lowest BCUT2D eigenvalue weighted by atomic mass is 9.95. The van der Waals surface area contributed by atoms with E-state index in [0.717, 1.165) is 11.4 Å². The molecule has 3 aromatic rings. The van der Waals surface area contributed by atoms with E-state index in [1.165, 1.54) is 4.68 Å². The molecule has 34 heavy (non-hydrogen) atoms. The van der Waals surface area contributed by atoms with Crippen LogP contribution in [0.2, 0.25) is 0 Å². The monoisotopic (exact) mass is 482 g/mol. The van der Waals surface area contributed by atoms with Gasteiger partial charge in [0.2, 0.25) is 5.91 Å². The SMILES string of the molecule is CCn1c(C2CCN(C(=O)CCS(=O)(=O)c3ccccc3)CC2)nn(Cc2ccccc2)c1=O. The zero-order chi connectivity index (χ0) is 24.1. The number of hydrogen-bond acceptors (Lipinski definition) is 5. The molecule has 1 aliphatic rings. The summed E-state index contributed by atoms with van der Waals surface area (Å²) in [6, 6.07) is 18.0. The number of carbonyl (C=O) groups is 1. The van der Waals surface area contributed by atoms with Gasteiger partial charge in [0.1, 0.15) is 5.82 Å². The van der Waals surface area contributed by atoms with Crippen LogP contribution in [0.4, 0.5) is 0 Å². The smallest absolute Gasteiger partial charge is 0.343 e. The second kappa shape index (κ2) is 10.4. The van der Waals surface area contributed by atoms with Crippen molar-refractivity contribution >= 4 is 15.7 Å². The van der Waals surface area contributed by atoms with E-state index in [0.29, 0.717) is 39.0 Å². The molecule has 4 rings (SSSR count). The van der Waals surface area contributed by atoms with Crippen LogP contribution in [0.15, 0.2) is 70.4 Å². The van der Waals surface area contributed by atoms with Crippen LogP contribution in [-0.2, 0) is 27.7 Å². The number of likely N-dealkylation sites (tertiary alicyclic amines) is 1. The molecular weight excluding hydrogens is 452 g/mol. The second-order valence-corrected chi connectivity index (χ2v) is 10.7. The fourth-order valence-electron chi connectivity index (χ4n) is 4.43. The van der Waals surface area contributed by atoms with Crippen LogP contribution in [0, 0.1) is 0 Å². The van der Waals surface area contributed by atoms with Gasteiger partial charge in [0.25, 0.3) is 0 Å². The molecule has 0 saturated carbocycles. The highest BCUT2D eigenvalue weighted by Crippen LogP contribution is 2.27. The molecule has 2 aromatic carbocycles. The van der Waals surface area contributed by atoms with Crippen molar-refractivity contribution in [1.29, 1.82) is 0 Å². The van der Waals surface area contributed by atoms with Gasteiger partial charge in [-0.25, -0.2) is 17.9 Å². The number of hydrogen-bond donors (Lipinski definition) is 0. The van der Waals surface area contributed by atoms with Gasteiger partial charge >= 0.3 is 5.69 Å². The molecular formula is C25H30N4O4S. The van der Waals surface area contributed by atoms with Crippen LogP contribution in [0.5, 0.6) is 0 Å². The maximum absolute atomic E-state index is 12.9. The van der Waals surface area contributed by atoms with Gasteiger partial charge in [0.05, 0.1) is 17.2 Å². The van der Waals surface area contributed by atoms with Crippen molar-refractivity contribution in [3.63, 3.8) is 0 Å². The largest absolute Gasteiger partial charge is 0.346 e. The Kier molecular flexibility index (Phi) is 7.31. The molecule has 1 amide bonds. The normalized spacial score (nSPS) is 14.9. The number of aromatic nitrogens is 3. The van der Waals surface area contributed by atoms with Gasteiger partial charge in [0, 0.05) is 32.0 Å². The third-order valence-electron chi connectivity index (χ3n) is 6.34. The lowest BCUT2D eigenvalue weighted by Gasteiger charge is -2.31. The van der Waals surface area contributed by atoms with Crippen LogP contribution in [0.1, 0.15) is 43.5 Å². The van der Waals surface area contributed by atoms with Gasteiger partial charge in [-0.1, -0.05) is 48.5 Å². The van der Waals surface area contributed by atoms with Crippen LogP contribution in [0.3, 0.4) is 0 Å². The van der Waals surface area contributed by atoms with Gasteiger partial charge in [0.15, 0.2) is 9.84 Å². The van der Waals surface area contributed by atoms with E-state index in [2.05, 4.69) is 5.10 Å². The Labute approximate surface area is 199 Å². The number of rotatable bonds is 8. The van der Waals surface area contributed by atoms with E-state index in [4.69, 9.17) is 0 Å². The van der Waals surface area contributed by atoms with E-state index < -0.39 is 9.84 Å². The van der Waals surface area contributed by atoms with Crippen molar-refractivity contribution in [2.75, 3.05) is 18.8 Å². The Morgan fingerprint density at radius 1 is 1.00 bits per heavy atom. The minimum Gasteiger partial charge on any atom is -0.343 e. The summed E-state index contributed by atoms with van der Waals surface area (Å²) in [4.78, 5) is 27.5. The first-order valence-corrected chi connectivity index (χ1v) is 13.3. The van der Waals surface area contributed by atoms with Gasteiger partial charge in [-0.05, 0) is 37.5 Å². The molecule has 1 aromatic heterocycles. The molecule has 1 fully saturated rings. The molecule has 8 nitrogen and oxygen atoms in total. The summed E-state index contributed by atoms with van der Waals surface area (Å²) in [5, 5.41) is 4.66. The lowest BCUT2D eigenvalue weighted by molar-refractivity contribution is -0.131. The summed E-state index contributed by atoms with van der Waals surface area (Å²) in [5.41, 5.74) is 0.897. The zero-order valence-electron chi connectivity index (χ0n) is 19.3. The molecule has 9 heteroatoms. The van der Waals surface area contributed by atoms with Crippen LogP contribution >= 0.6 is 0 Å². The van der Waals surface area contributed by atoms with Gasteiger partial charge in [-0.3, -0.25) is 9.36 Å². The summed E-state index contributed by atoms with van der Waals surface area (Å²) in [5.74, 6) is 0.499. The van der Waals surface area contributed by atoms with Crippen molar-refractivity contribution in [2.45, 2.75) is 50.1 Å². The van der Waals surface area contributed by atoms with Crippen LogP contribution < -0.4 is 5.69 Å². The van der Waals surface area contributed by atoms with Crippen molar-refractivity contribution < 1.29 is 13.2 Å². The van der Waals surface area contributed by atoms with E-state index in [-0.39, 0.29) is 34.6 Å².